The monoisotopic (exact) mass is 150 g/mol. The van der Waals surface area contributed by atoms with Gasteiger partial charge in [0.15, 0.2) is 0 Å². The van der Waals surface area contributed by atoms with Crippen molar-refractivity contribution in [2.45, 2.75) is 30.9 Å². The molecule has 4 atom stereocenters. The van der Waals surface area contributed by atoms with E-state index < -0.39 is 17.6 Å². The molecular weight excluding hydrogens is 139 g/mol. The molecule has 0 heterocycles. The molecule has 58 valence electrons. The van der Waals surface area contributed by atoms with Crippen molar-refractivity contribution in [2.75, 3.05) is 0 Å². The van der Waals surface area contributed by atoms with Crippen LogP contribution in [0.4, 0.5) is 0 Å². The van der Waals surface area contributed by atoms with Crippen LogP contribution in [0.5, 0.6) is 0 Å². The molecule has 2 fully saturated rings. The zero-order valence-corrected chi connectivity index (χ0v) is 6.33. The number of hydrogen-bond acceptors (Lipinski definition) is 2. The van der Waals surface area contributed by atoms with Gasteiger partial charge in [0, 0.05) is 5.41 Å². The van der Waals surface area contributed by atoms with Crippen LogP contribution in [0.25, 0.3) is 0 Å². The predicted molar refractivity (Wildman–Crippen MR) is 42.3 cm³/mol. The van der Waals surface area contributed by atoms with Crippen LogP contribution in [0.3, 0.4) is 0 Å². The first-order valence-corrected chi connectivity index (χ1v) is 3.90. The second-order valence-corrected chi connectivity index (χ2v) is 3.64. The van der Waals surface area contributed by atoms with Gasteiger partial charge in [0.1, 0.15) is 0 Å². The number of aliphatic hydroxyl groups excluding tert-OH is 2. The zero-order chi connectivity index (χ0) is 8.22. The van der Waals surface area contributed by atoms with Gasteiger partial charge in [-0.25, -0.2) is 0 Å². The standard InChI is InChI=1S/C8H11BO2/c1-4-5(9)2-6(10)8(4)3-7(8)11/h5-7,10-11H,1-3H2/t5-,6-,7?,8?/m0/s1. The fourth-order valence-electron chi connectivity index (χ4n) is 2.12. The molecule has 0 bridgehead atoms. The third-order valence-electron chi connectivity index (χ3n) is 3.08. The molecule has 2 aliphatic carbocycles. The third kappa shape index (κ3) is 0.703. The lowest BCUT2D eigenvalue weighted by Crippen LogP contribution is -2.19. The van der Waals surface area contributed by atoms with Gasteiger partial charge in [0.25, 0.3) is 0 Å². The third-order valence-corrected chi connectivity index (χ3v) is 3.08. The fraction of sp³-hybridized carbons (Fsp3) is 0.750. The van der Waals surface area contributed by atoms with Crippen molar-refractivity contribution in [1.29, 1.82) is 0 Å². The molecule has 2 saturated carbocycles. The van der Waals surface area contributed by atoms with Gasteiger partial charge in [-0.15, -0.1) is 0 Å². The van der Waals surface area contributed by atoms with Gasteiger partial charge in [0.05, 0.1) is 20.1 Å². The molecule has 3 heteroatoms. The van der Waals surface area contributed by atoms with Gasteiger partial charge in [-0.2, -0.15) is 0 Å². The van der Waals surface area contributed by atoms with Crippen LogP contribution in [0.2, 0.25) is 5.82 Å². The zero-order valence-electron chi connectivity index (χ0n) is 6.33. The van der Waals surface area contributed by atoms with Crippen LogP contribution < -0.4 is 0 Å². The fourth-order valence-corrected chi connectivity index (χ4v) is 2.12. The topological polar surface area (TPSA) is 40.5 Å². The van der Waals surface area contributed by atoms with E-state index in [0.717, 1.165) is 5.57 Å². The highest BCUT2D eigenvalue weighted by Crippen LogP contribution is 2.63. The maximum absolute atomic E-state index is 9.53. The Balaban J connectivity index is 2.28. The van der Waals surface area contributed by atoms with Gasteiger partial charge in [-0.05, 0) is 12.8 Å². The van der Waals surface area contributed by atoms with Gasteiger partial charge in [0.2, 0.25) is 0 Å². The van der Waals surface area contributed by atoms with E-state index in [1.54, 1.807) is 0 Å². The van der Waals surface area contributed by atoms with E-state index in [0.29, 0.717) is 12.8 Å². The lowest BCUT2D eigenvalue weighted by molar-refractivity contribution is 0.0979. The summed E-state index contributed by atoms with van der Waals surface area (Å²) in [6.07, 6.45) is 0.315. The van der Waals surface area contributed by atoms with Crippen molar-refractivity contribution < 1.29 is 10.2 Å². The van der Waals surface area contributed by atoms with E-state index in [2.05, 4.69) is 6.58 Å². The van der Waals surface area contributed by atoms with Gasteiger partial charge in [-0.1, -0.05) is 18.0 Å². The smallest absolute Gasteiger partial charge is 0.0760 e. The van der Waals surface area contributed by atoms with Crippen molar-refractivity contribution in [3.8, 4) is 0 Å². The minimum Gasteiger partial charge on any atom is -0.392 e. The average molecular weight is 150 g/mol. The molecule has 0 amide bonds. The summed E-state index contributed by atoms with van der Waals surface area (Å²) in [4.78, 5) is 0. The Kier molecular flexibility index (Phi) is 1.28. The van der Waals surface area contributed by atoms with Crippen LogP contribution in [0.1, 0.15) is 12.8 Å². The van der Waals surface area contributed by atoms with Crippen molar-refractivity contribution >= 4 is 7.85 Å². The molecular formula is C8H11BO2. The SMILES string of the molecule is [B][C@H]1C[C@H](O)C2(CC2O)C1=C. The summed E-state index contributed by atoms with van der Waals surface area (Å²) in [5.74, 6) is -0.123. The van der Waals surface area contributed by atoms with Crippen molar-refractivity contribution in [3.05, 3.63) is 12.2 Å². The summed E-state index contributed by atoms with van der Waals surface area (Å²) in [7, 11) is 5.68. The molecule has 2 rings (SSSR count). The minimum absolute atomic E-state index is 0.123. The molecule has 2 radical (unpaired) electrons. The molecule has 2 nitrogen and oxygen atoms in total. The summed E-state index contributed by atoms with van der Waals surface area (Å²) in [6, 6.07) is 0. The average Bonchev–Trinajstić information content (AvgIpc) is 2.56. The van der Waals surface area contributed by atoms with E-state index in [9.17, 15) is 10.2 Å². The molecule has 2 aliphatic rings. The molecule has 2 unspecified atom stereocenters. The summed E-state index contributed by atoms with van der Waals surface area (Å²) < 4.78 is 0. The summed E-state index contributed by atoms with van der Waals surface area (Å²) >= 11 is 0. The van der Waals surface area contributed by atoms with Crippen molar-refractivity contribution in [3.63, 3.8) is 0 Å². The van der Waals surface area contributed by atoms with E-state index in [-0.39, 0.29) is 5.82 Å². The van der Waals surface area contributed by atoms with Gasteiger partial charge in [-0.3, -0.25) is 0 Å². The second kappa shape index (κ2) is 1.90. The lowest BCUT2D eigenvalue weighted by Gasteiger charge is -2.13. The molecule has 1 spiro atoms. The Morgan fingerprint density at radius 1 is 1.45 bits per heavy atom. The lowest BCUT2D eigenvalue weighted by atomic mass is 9.81. The number of rotatable bonds is 0. The Hall–Kier alpha value is -0.275. The van der Waals surface area contributed by atoms with Crippen LogP contribution >= 0.6 is 0 Å². The predicted octanol–water partition coefficient (Wildman–Crippen LogP) is 0.0152. The van der Waals surface area contributed by atoms with Crippen LogP contribution in [0.15, 0.2) is 12.2 Å². The molecule has 0 saturated heterocycles. The number of aliphatic hydroxyl groups is 2. The first-order chi connectivity index (χ1) is 5.09. The maximum Gasteiger partial charge on any atom is 0.0760 e. The van der Waals surface area contributed by atoms with Crippen molar-refractivity contribution in [2.24, 2.45) is 5.41 Å². The summed E-state index contributed by atoms with van der Waals surface area (Å²) in [5, 5.41) is 18.8. The van der Waals surface area contributed by atoms with Gasteiger partial charge >= 0.3 is 0 Å². The highest BCUT2D eigenvalue weighted by molar-refractivity contribution is 6.14. The summed E-state index contributed by atoms with van der Waals surface area (Å²) in [6.45, 7) is 3.81. The van der Waals surface area contributed by atoms with E-state index in [1.165, 1.54) is 0 Å². The quantitative estimate of drug-likeness (QED) is 0.377. The first-order valence-electron chi connectivity index (χ1n) is 3.90. The Morgan fingerprint density at radius 3 is 2.18 bits per heavy atom. The van der Waals surface area contributed by atoms with E-state index in [4.69, 9.17) is 7.85 Å². The number of hydrogen-bond donors (Lipinski definition) is 2. The molecule has 0 aromatic carbocycles. The Bertz CT molecular complexity index is 216. The first kappa shape index (κ1) is 7.38. The van der Waals surface area contributed by atoms with Crippen molar-refractivity contribution in [1.82, 2.24) is 0 Å². The molecule has 2 N–H and O–H groups in total. The Morgan fingerprint density at radius 2 is 2.00 bits per heavy atom. The van der Waals surface area contributed by atoms with E-state index in [1.807, 2.05) is 0 Å². The Labute approximate surface area is 67.3 Å². The van der Waals surface area contributed by atoms with Crippen LogP contribution in [-0.2, 0) is 0 Å². The molecule has 0 aliphatic heterocycles. The molecule has 0 aromatic heterocycles. The summed E-state index contributed by atoms with van der Waals surface area (Å²) in [5.41, 5.74) is 0.414. The van der Waals surface area contributed by atoms with E-state index >= 15 is 0 Å². The van der Waals surface area contributed by atoms with Crippen LogP contribution in [-0.4, -0.2) is 30.3 Å². The normalized spacial score (nSPS) is 55.5. The molecule has 0 aromatic rings. The molecule has 11 heavy (non-hydrogen) atoms. The highest BCUT2D eigenvalue weighted by Gasteiger charge is 2.64. The highest BCUT2D eigenvalue weighted by atomic mass is 16.3. The van der Waals surface area contributed by atoms with Crippen LogP contribution in [0, 0.1) is 5.41 Å². The minimum atomic E-state index is -0.472. The second-order valence-electron chi connectivity index (χ2n) is 3.64. The van der Waals surface area contributed by atoms with Gasteiger partial charge < -0.3 is 10.2 Å². The largest absolute Gasteiger partial charge is 0.392 e. The maximum atomic E-state index is 9.53.